The van der Waals surface area contributed by atoms with Gasteiger partial charge in [0.25, 0.3) is 16.7 Å². The third kappa shape index (κ3) is 19.2. The van der Waals surface area contributed by atoms with Crippen LogP contribution in [0, 0.1) is 0 Å². The minimum absolute atomic E-state index is 0.0814. The van der Waals surface area contributed by atoms with Crippen LogP contribution in [0.15, 0.2) is 72.5 Å². The molecule has 14 N–H and O–H groups in total. The molecule has 0 aromatic carbocycles. The molecule has 0 spiro atoms. The number of carbonyl (C=O) groups is 3. The number of hydrogen-bond donors (Lipinski definition) is 12. The number of ketones is 3. The van der Waals surface area contributed by atoms with Gasteiger partial charge in [-0.3, -0.25) is 80.0 Å². The van der Waals surface area contributed by atoms with Gasteiger partial charge in [0.2, 0.25) is 17.8 Å². The smallest absolute Gasteiger partial charge is 0.369 e. The number of nitrogens with zero attached hydrogens (tertiary/aromatic N) is 17. The van der Waals surface area contributed by atoms with Gasteiger partial charge in [-0.2, -0.15) is 15.0 Å². The second kappa shape index (κ2) is 37.4. The van der Waals surface area contributed by atoms with Gasteiger partial charge in [0.15, 0.2) is 100 Å². The molecule has 0 radical (unpaired) electrons. The zero-order valence-electron chi connectivity index (χ0n) is 67.2. The summed E-state index contributed by atoms with van der Waals surface area (Å²) in [6.07, 6.45) is -23.2. The van der Waals surface area contributed by atoms with Gasteiger partial charge in [0.1, 0.15) is 102 Å². The van der Waals surface area contributed by atoms with Crippen molar-refractivity contribution in [3.8, 4) is 0 Å². The molecular formula is C64H67F6N23O28P6S8. The first-order chi connectivity index (χ1) is 63.9. The van der Waals surface area contributed by atoms with E-state index in [1.165, 1.54) is 69.1 Å². The summed E-state index contributed by atoms with van der Waals surface area (Å²) < 4.78 is 206. The van der Waals surface area contributed by atoms with E-state index in [-0.39, 0.29) is 122 Å². The number of thiol groups is 1. The number of nitrogens with one attached hydrogen (secondary N) is 3. The molecule has 0 saturated carbocycles. The molecule has 51 nitrogen and oxygen atoms in total. The lowest BCUT2D eigenvalue weighted by molar-refractivity contribution is -0.0580. The predicted octanol–water partition coefficient (Wildman–Crippen LogP) is 4.69. The summed E-state index contributed by atoms with van der Waals surface area (Å²) in [5.41, 5.74) is 15.0. The number of nitrogens with two attached hydrogens (primary N) is 3. The summed E-state index contributed by atoms with van der Waals surface area (Å²) in [5, 5.41) is 10.9. The van der Waals surface area contributed by atoms with Gasteiger partial charge in [0, 0.05) is 56.5 Å². The monoisotopic (exact) mass is 2160 g/mol. The minimum Gasteiger partial charge on any atom is -0.369 e. The number of rotatable bonds is 6. The van der Waals surface area contributed by atoms with Crippen molar-refractivity contribution in [2.45, 2.75) is 163 Å². The van der Waals surface area contributed by atoms with E-state index in [2.05, 4.69) is 82.7 Å². The number of ether oxygens (including phenoxy) is 4. The highest BCUT2D eigenvalue weighted by atomic mass is 32.7. The number of nitrogen functional groups attached to an aromatic ring is 3. The van der Waals surface area contributed by atoms with Gasteiger partial charge in [-0.1, -0.05) is 22.7 Å². The number of hydrogen-bond acceptors (Lipinski definition) is 44. The van der Waals surface area contributed by atoms with Gasteiger partial charge >= 0.3 is 40.4 Å². The third-order valence-electron chi connectivity index (χ3n) is 22.3. The van der Waals surface area contributed by atoms with Gasteiger partial charge < -0.3 is 96.9 Å². The van der Waals surface area contributed by atoms with Crippen LogP contribution in [0.4, 0.5) is 61.6 Å². The normalized spacial score (nSPS) is 38.8. The fourth-order valence-electron chi connectivity index (χ4n) is 16.2. The van der Waals surface area contributed by atoms with Crippen molar-refractivity contribution in [3.05, 3.63) is 90.9 Å². The number of thioether (sulfide) groups is 2. The van der Waals surface area contributed by atoms with Crippen molar-refractivity contribution in [2.75, 3.05) is 56.8 Å². The Hall–Kier alpha value is -6.56. The van der Waals surface area contributed by atoms with E-state index in [9.17, 15) is 57.8 Å². The highest BCUT2D eigenvalue weighted by Gasteiger charge is 2.60. The van der Waals surface area contributed by atoms with Crippen molar-refractivity contribution in [2.24, 2.45) is 15.0 Å². The van der Waals surface area contributed by atoms with Gasteiger partial charge in [-0.25, -0.2) is 60.2 Å². The molecule has 135 heavy (non-hydrogen) atoms. The highest BCUT2D eigenvalue weighted by molar-refractivity contribution is 8.44. The van der Waals surface area contributed by atoms with Crippen LogP contribution in [-0.2, 0) is 137 Å². The van der Waals surface area contributed by atoms with Crippen molar-refractivity contribution in [1.29, 1.82) is 0 Å². The molecule has 30 atom stereocenters. The number of halogens is 6. The highest BCUT2D eigenvalue weighted by Crippen LogP contribution is 2.63. The Morgan fingerprint density at radius 2 is 0.748 bits per heavy atom. The van der Waals surface area contributed by atoms with Crippen LogP contribution >= 0.6 is 76.2 Å². The van der Waals surface area contributed by atoms with E-state index in [4.69, 9.17) is 149 Å². The number of aromatic amines is 3. The van der Waals surface area contributed by atoms with Crippen LogP contribution in [-0.4, -0.2) is 292 Å². The average molecular weight is 2160 g/mol. The van der Waals surface area contributed by atoms with E-state index >= 15 is 26.3 Å². The summed E-state index contributed by atoms with van der Waals surface area (Å²) in [4.78, 5) is 164. The maximum Gasteiger partial charge on any atom is 0.386 e. The Morgan fingerprint density at radius 3 is 1.13 bits per heavy atom. The lowest BCUT2D eigenvalue weighted by Crippen LogP contribution is -2.34. The Kier molecular flexibility index (Phi) is 26.9. The predicted molar refractivity (Wildman–Crippen MR) is 478 cm³/mol. The van der Waals surface area contributed by atoms with Crippen molar-refractivity contribution < 1.29 is 143 Å². The molecule has 12 aliphatic rings. The van der Waals surface area contributed by atoms with Crippen LogP contribution in [0.3, 0.4) is 0 Å². The molecule has 9 aromatic rings. The summed E-state index contributed by atoms with van der Waals surface area (Å²) in [6.45, 7) is -29.7. The van der Waals surface area contributed by atoms with Crippen LogP contribution in [0.5, 0.6) is 0 Å². The Labute approximate surface area is 787 Å². The first-order valence-electron chi connectivity index (χ1n) is 39.4. The maximum absolute atomic E-state index is 16.0. The van der Waals surface area contributed by atoms with E-state index in [0.29, 0.717) is 0 Å². The largest absolute Gasteiger partial charge is 0.386 e. The number of carbonyl (C=O) groups excluding carboxylic acids is 3. The standard InChI is InChI=1S/C22H23F2N7O10P2S2.2C21H22F2N8O9P2S3/c23-12-10-5-36-42(34,44)40-15-11(39-20(13(15)24)30-4-2-8-9(32)1-3-26-17(8)30)6-37-43(35,45)41-16(12)21(38-10)31-7-27-14-18(31)28-22(25)29-19(14)33;2*22-11-10-6-37-42(35,44)39-14-9(38-19(12(14)23)30-4-2-7-8(32)1-3-25-16(7)30)5-36-41(34,43)40-15(11)20(45-10)31-17-13(28-29-31)18(33)27-21(24)26-17/h2-4,7,10-13,15-16,20-21H,1,5-6H2,(H,34,44)(H,35,45)(H3,25,28,29,33);2*2-4,9-12,14-15,19-20H,1,5-6H2,(H,34,43)(H,35,44)(H3,24,26,27,33)/t10-,11-,12-,13+,15-,16-,20-,21-,42?,43?;2*9-,10-,11-,12+,14-,15-,19-,20-,41?,42?/m111/s1. The van der Waals surface area contributed by atoms with Crippen molar-refractivity contribution in [3.63, 3.8) is 0 Å². The fourth-order valence-corrected chi connectivity index (χ4v) is 28.1. The molecule has 71 heteroatoms. The number of Topliss-reactive ketones (excluding diaryl/α,β-unsaturated/α-hetero) is 3. The first-order valence-corrected chi connectivity index (χ1v) is 56.9. The van der Waals surface area contributed by atoms with Crippen LogP contribution < -0.4 is 33.9 Å². The minimum atomic E-state index is -4.49. The Morgan fingerprint density at radius 1 is 0.415 bits per heavy atom. The number of fused-ring (bicyclic) bond motifs is 15. The van der Waals surface area contributed by atoms with E-state index in [1.807, 2.05) is 0 Å². The SMILES string of the molecule is Nc1nc2c(ncn2[C@@H]2O[C@@H]3COP(O)(=S)O[C@H]4[C@H](F)[C@H](n5ccc6c5N=CCC6=O)O[C@@H]4COP(=O)(S)O[C@@H]2[C@@H]3F)c(=O)[nH]1.Nc1nc2c(nnn2[C@@H]2S[C@@H]3COP(O)(=S)O[C@H]4[C@H](F)[C@H](n5ccc6c5N=CCC6=O)O[C@@H]4COP(O)(=S)O[C@@H]2[C@@H]3F)c(=O)[nH]1.Nc1nc2c(nnn2[C@@H]2S[C@@H]3COP(O)(=S)O[C@H]4[C@H](F)[C@H](n5ccc6c5N=CCC6=O)O[C@@H]4COP(O)(=S)O[C@@H]2[C@@H]3F)c(=O)[nH]1. The second-order valence-corrected chi connectivity index (χ2v) is 50.4. The fraction of sp³-hybridized carbons (Fsp3) is 0.516. The third-order valence-corrected chi connectivity index (χ3v) is 34.7. The number of H-pyrrole nitrogens is 3. The number of aromatic nitrogens is 17. The van der Waals surface area contributed by atoms with Crippen molar-refractivity contribution in [1.82, 2.24) is 83.1 Å². The topological polar surface area (TPSA) is 664 Å². The molecule has 9 saturated heterocycles. The summed E-state index contributed by atoms with van der Waals surface area (Å²) in [7, 11) is 0. The number of anilines is 3. The van der Waals surface area contributed by atoms with Gasteiger partial charge in [-0.15, -0.1) is 33.7 Å². The summed E-state index contributed by atoms with van der Waals surface area (Å²) in [6, 6.07) is 4.42. The molecule has 21 rings (SSSR count). The molecule has 12 aliphatic heterocycles. The van der Waals surface area contributed by atoms with Crippen LogP contribution in [0.2, 0.25) is 0 Å². The molecular weight excluding hydrogens is 2100 g/mol. The lowest BCUT2D eigenvalue weighted by atomic mass is 10.1. The van der Waals surface area contributed by atoms with Crippen LogP contribution in [0.25, 0.3) is 33.5 Å². The van der Waals surface area contributed by atoms with Crippen LogP contribution in [0.1, 0.15) is 86.0 Å². The van der Waals surface area contributed by atoms with Gasteiger partial charge in [-0.05, 0) is 77.2 Å². The molecule has 9 aromatic heterocycles. The summed E-state index contributed by atoms with van der Waals surface area (Å²) in [5.74, 6) is -0.945. The molecule has 21 heterocycles. The lowest BCUT2D eigenvalue weighted by Gasteiger charge is -2.27. The zero-order chi connectivity index (χ0) is 95.5. The average Bonchev–Trinajstić information content (AvgIpc) is 1.62. The van der Waals surface area contributed by atoms with Crippen molar-refractivity contribution >= 4 is 240 Å². The Bertz CT molecular complexity index is 6260. The summed E-state index contributed by atoms with van der Waals surface area (Å²) >= 11 is 31.6. The molecule has 726 valence electrons. The number of imidazole rings is 1. The molecule has 0 amide bonds. The van der Waals surface area contributed by atoms with E-state index in [0.717, 1.165) is 43.8 Å². The van der Waals surface area contributed by atoms with E-state index < -0.39 is 241 Å². The maximum atomic E-state index is 16.0. The Balaban J connectivity index is 0.000000130. The van der Waals surface area contributed by atoms with Gasteiger partial charge in [0.05, 0.1) is 73.2 Å². The number of aliphatic imine (C=N–C) groups is 3. The van der Waals surface area contributed by atoms with E-state index in [1.54, 1.807) is 0 Å². The molecule has 9 fully saturated rings. The quantitative estimate of drug-likeness (QED) is 0.0610. The zero-order valence-corrected chi connectivity index (χ0v) is 79.2. The molecule has 6 unspecified atom stereocenters. The second-order valence-electron chi connectivity index (χ2n) is 30.9. The number of alkyl halides is 6. The first kappa shape index (κ1) is 97.3. The molecule has 0 aliphatic carbocycles. The molecule has 6 bridgehead atoms.